The first-order chi connectivity index (χ1) is 24.2. The van der Waals surface area contributed by atoms with Gasteiger partial charge in [0, 0.05) is 82.9 Å². The molecular formula is C44H27NO3S. The summed E-state index contributed by atoms with van der Waals surface area (Å²) >= 11 is 1.83. The molecule has 3 aromatic heterocycles. The summed E-state index contributed by atoms with van der Waals surface area (Å²) in [6.45, 7) is 0. The minimum Gasteiger partial charge on any atom is -0.485 e. The van der Waals surface area contributed by atoms with Crippen LogP contribution in [-0.2, 0) is 6.42 Å². The van der Waals surface area contributed by atoms with Crippen LogP contribution in [0.15, 0.2) is 154 Å². The van der Waals surface area contributed by atoms with Gasteiger partial charge in [0.1, 0.15) is 34.2 Å². The Kier molecular flexibility index (Phi) is 5.63. The smallest absolute Gasteiger partial charge is 0.137 e. The SMILES string of the molecule is c1ccc(C2Cc3c(ccc4oc5cc(N(c6ccc7c(c6)oc6ccccc67)c6ccc7sc8ccccc8c7c6)ccc5c34)O2)cc1. The van der Waals surface area contributed by atoms with E-state index in [-0.39, 0.29) is 6.10 Å². The molecule has 11 rings (SSSR count). The van der Waals surface area contributed by atoms with Crippen molar-refractivity contribution in [3.63, 3.8) is 0 Å². The highest BCUT2D eigenvalue weighted by atomic mass is 32.1. The normalized spacial score (nSPS) is 14.4. The van der Waals surface area contributed by atoms with Gasteiger partial charge in [0.2, 0.25) is 0 Å². The number of anilines is 3. The molecule has 4 heterocycles. The van der Waals surface area contributed by atoms with E-state index in [2.05, 4.69) is 126 Å². The van der Waals surface area contributed by atoms with Gasteiger partial charge in [-0.3, -0.25) is 0 Å². The molecule has 49 heavy (non-hydrogen) atoms. The van der Waals surface area contributed by atoms with E-state index < -0.39 is 0 Å². The van der Waals surface area contributed by atoms with Crippen LogP contribution in [0.2, 0.25) is 0 Å². The van der Waals surface area contributed by atoms with Gasteiger partial charge in [-0.15, -0.1) is 11.3 Å². The number of hydrogen-bond donors (Lipinski definition) is 0. The number of fused-ring (bicyclic) bond motifs is 11. The maximum atomic E-state index is 6.61. The lowest BCUT2D eigenvalue weighted by atomic mass is 9.99. The van der Waals surface area contributed by atoms with Crippen molar-refractivity contribution in [3.8, 4) is 5.75 Å². The average Bonchev–Trinajstić information content (AvgIpc) is 3.92. The second kappa shape index (κ2) is 10.2. The fourth-order valence-electron chi connectivity index (χ4n) is 7.75. The Labute approximate surface area is 285 Å². The van der Waals surface area contributed by atoms with E-state index >= 15 is 0 Å². The summed E-state index contributed by atoms with van der Waals surface area (Å²) in [6.07, 6.45) is 0.809. The maximum absolute atomic E-state index is 6.61. The number of ether oxygens (including phenoxy) is 1. The summed E-state index contributed by atoms with van der Waals surface area (Å²) in [4.78, 5) is 2.31. The minimum atomic E-state index is -0.00205. The van der Waals surface area contributed by atoms with Crippen LogP contribution in [-0.4, -0.2) is 0 Å². The molecule has 0 amide bonds. The second-order valence-corrected chi connectivity index (χ2v) is 13.9. The van der Waals surface area contributed by atoms with Gasteiger partial charge in [0.25, 0.3) is 0 Å². The molecule has 0 aliphatic carbocycles. The number of furan rings is 2. The zero-order valence-corrected chi connectivity index (χ0v) is 27.0. The monoisotopic (exact) mass is 649 g/mol. The van der Waals surface area contributed by atoms with E-state index in [1.54, 1.807) is 0 Å². The molecule has 4 nitrogen and oxygen atoms in total. The summed E-state index contributed by atoms with van der Waals surface area (Å²) < 4.78 is 22.0. The van der Waals surface area contributed by atoms with E-state index in [1.807, 2.05) is 35.6 Å². The Bertz CT molecular complexity index is 2920. The molecule has 0 saturated heterocycles. The van der Waals surface area contributed by atoms with Gasteiger partial charge < -0.3 is 18.5 Å². The first kappa shape index (κ1) is 27.0. The zero-order valence-electron chi connectivity index (χ0n) is 26.2. The number of para-hydroxylation sites is 1. The Hall–Kier alpha value is -6.04. The fraction of sp³-hybridized carbons (Fsp3) is 0.0455. The quantitative estimate of drug-likeness (QED) is 0.190. The van der Waals surface area contributed by atoms with Gasteiger partial charge in [0.15, 0.2) is 0 Å². The van der Waals surface area contributed by atoms with Crippen molar-refractivity contribution in [2.75, 3.05) is 4.90 Å². The van der Waals surface area contributed by atoms with Gasteiger partial charge in [-0.2, -0.15) is 0 Å². The van der Waals surface area contributed by atoms with Crippen molar-refractivity contribution in [3.05, 3.63) is 157 Å². The van der Waals surface area contributed by atoms with Crippen LogP contribution in [0.1, 0.15) is 17.2 Å². The van der Waals surface area contributed by atoms with E-state index in [1.165, 1.54) is 31.3 Å². The van der Waals surface area contributed by atoms with Gasteiger partial charge in [-0.1, -0.05) is 66.7 Å². The third-order valence-electron chi connectivity index (χ3n) is 10.0. The zero-order chi connectivity index (χ0) is 32.1. The molecule has 1 aliphatic rings. The molecule has 0 fully saturated rings. The lowest BCUT2D eigenvalue weighted by molar-refractivity contribution is 0.238. The van der Waals surface area contributed by atoms with Crippen molar-refractivity contribution in [1.29, 1.82) is 0 Å². The Morgan fingerprint density at radius 2 is 1.14 bits per heavy atom. The number of hydrogen-bond acceptors (Lipinski definition) is 5. The van der Waals surface area contributed by atoms with E-state index in [0.717, 1.165) is 73.1 Å². The molecule has 0 spiro atoms. The van der Waals surface area contributed by atoms with E-state index in [4.69, 9.17) is 13.6 Å². The average molecular weight is 650 g/mol. The fourth-order valence-corrected chi connectivity index (χ4v) is 8.83. The lowest BCUT2D eigenvalue weighted by Crippen LogP contribution is -2.09. The maximum Gasteiger partial charge on any atom is 0.137 e. The predicted molar refractivity (Wildman–Crippen MR) is 202 cm³/mol. The molecule has 1 unspecified atom stereocenters. The first-order valence-corrected chi connectivity index (χ1v) is 17.4. The van der Waals surface area contributed by atoms with Crippen molar-refractivity contribution in [1.82, 2.24) is 0 Å². The van der Waals surface area contributed by atoms with Crippen molar-refractivity contribution < 1.29 is 13.6 Å². The van der Waals surface area contributed by atoms with Gasteiger partial charge in [0.05, 0.1) is 0 Å². The Balaban J connectivity index is 1.09. The van der Waals surface area contributed by atoms with Crippen molar-refractivity contribution in [2.45, 2.75) is 12.5 Å². The highest BCUT2D eigenvalue weighted by Gasteiger charge is 2.28. The topological polar surface area (TPSA) is 38.8 Å². The number of benzene rings is 7. The largest absolute Gasteiger partial charge is 0.485 e. The van der Waals surface area contributed by atoms with Crippen LogP contribution in [0.25, 0.3) is 64.0 Å². The van der Waals surface area contributed by atoms with E-state index in [9.17, 15) is 0 Å². The number of nitrogens with zero attached hydrogens (tertiary/aromatic N) is 1. The summed E-state index contributed by atoms with van der Waals surface area (Å²) in [6, 6.07) is 51.3. The van der Waals surface area contributed by atoms with Crippen molar-refractivity contribution in [2.24, 2.45) is 0 Å². The van der Waals surface area contributed by atoms with Crippen LogP contribution in [0, 0.1) is 0 Å². The lowest BCUT2D eigenvalue weighted by Gasteiger charge is -2.25. The Morgan fingerprint density at radius 3 is 2.02 bits per heavy atom. The summed E-state index contributed by atoms with van der Waals surface area (Å²) in [5, 5.41) is 6.99. The standard InChI is InChI=1S/C44H27NO3S/c1-2-8-26(9-3-1)39-25-35-37(46-39)19-20-38-44(35)33-18-15-29(24-41(33)48-38)45(27-16-21-43-34(22-27)32-11-5-7-13-42(32)49-43)28-14-17-31-30-10-4-6-12-36(30)47-40(31)23-28/h1-24,39H,25H2. The van der Waals surface area contributed by atoms with Crippen LogP contribution in [0.4, 0.5) is 17.1 Å². The molecular weight excluding hydrogens is 623 g/mol. The third kappa shape index (κ3) is 4.09. The molecule has 232 valence electrons. The van der Waals surface area contributed by atoms with Crippen LogP contribution in [0.3, 0.4) is 0 Å². The Morgan fingerprint density at radius 1 is 0.490 bits per heavy atom. The summed E-state index contributed by atoms with van der Waals surface area (Å²) in [7, 11) is 0. The molecule has 0 bridgehead atoms. The first-order valence-electron chi connectivity index (χ1n) is 16.6. The third-order valence-corrected chi connectivity index (χ3v) is 11.2. The molecule has 1 atom stereocenters. The predicted octanol–water partition coefficient (Wildman–Crippen LogP) is 13.0. The van der Waals surface area contributed by atoms with Crippen LogP contribution >= 0.6 is 11.3 Å². The highest BCUT2D eigenvalue weighted by molar-refractivity contribution is 7.25. The molecule has 10 aromatic rings. The molecule has 1 aliphatic heterocycles. The number of thiophene rings is 1. The molecule has 0 saturated carbocycles. The van der Waals surface area contributed by atoms with Gasteiger partial charge >= 0.3 is 0 Å². The molecule has 0 N–H and O–H groups in total. The highest BCUT2D eigenvalue weighted by Crippen LogP contribution is 2.47. The molecule has 0 radical (unpaired) electrons. The summed E-state index contributed by atoms with van der Waals surface area (Å²) in [5.74, 6) is 0.935. The van der Waals surface area contributed by atoms with Gasteiger partial charge in [-0.25, -0.2) is 0 Å². The second-order valence-electron chi connectivity index (χ2n) is 12.8. The molecule has 5 heteroatoms. The van der Waals surface area contributed by atoms with Gasteiger partial charge in [-0.05, 0) is 72.3 Å². The van der Waals surface area contributed by atoms with E-state index in [0.29, 0.717) is 0 Å². The van der Waals surface area contributed by atoms with Crippen LogP contribution in [0.5, 0.6) is 5.75 Å². The van der Waals surface area contributed by atoms with Crippen LogP contribution < -0.4 is 9.64 Å². The minimum absolute atomic E-state index is 0.00205. The summed E-state index contributed by atoms with van der Waals surface area (Å²) in [5.41, 5.74) is 8.97. The van der Waals surface area contributed by atoms with Crippen molar-refractivity contribution >= 4 is 92.4 Å². The number of rotatable bonds is 4. The molecule has 7 aromatic carbocycles.